The van der Waals surface area contributed by atoms with E-state index in [4.69, 9.17) is 0 Å². The number of fused-ring (bicyclic) bond motifs is 1. The summed E-state index contributed by atoms with van der Waals surface area (Å²) in [7, 11) is 0. The molecule has 1 heterocycles. The number of carbonyl (C=O) groups excluding carboxylic acids is 1. The summed E-state index contributed by atoms with van der Waals surface area (Å²) in [6, 6.07) is 8.02. The number of nitrogens with zero attached hydrogens (tertiary/aromatic N) is 1. The van der Waals surface area contributed by atoms with Crippen LogP contribution in [-0.2, 0) is 16.0 Å². The van der Waals surface area contributed by atoms with Crippen molar-refractivity contribution in [2.45, 2.75) is 38.0 Å². The number of amides is 1. The van der Waals surface area contributed by atoms with Crippen LogP contribution in [-0.4, -0.2) is 49.1 Å². The Morgan fingerprint density at radius 1 is 1.29 bits per heavy atom. The first-order valence-corrected chi connectivity index (χ1v) is 9.88. The number of carboxylic acid groups (broad SMARTS) is 1. The average Bonchev–Trinajstić information content (AvgIpc) is 3.14. The van der Waals surface area contributed by atoms with E-state index in [9.17, 15) is 14.7 Å². The van der Waals surface area contributed by atoms with Gasteiger partial charge in [-0.25, -0.2) is 0 Å². The summed E-state index contributed by atoms with van der Waals surface area (Å²) in [5.41, 5.74) is 3.38. The van der Waals surface area contributed by atoms with Crippen molar-refractivity contribution in [1.82, 2.24) is 16.0 Å². The number of hydrogen-bond donors (Lipinski definition) is 4. The molecule has 0 radical (unpaired) electrons. The van der Waals surface area contributed by atoms with Gasteiger partial charge in [-0.15, -0.1) is 0 Å². The lowest BCUT2D eigenvalue weighted by atomic mass is 9.88. The predicted molar refractivity (Wildman–Crippen MR) is 108 cm³/mol. The lowest BCUT2D eigenvalue weighted by Crippen LogP contribution is -2.35. The van der Waals surface area contributed by atoms with Crippen LogP contribution in [0.4, 0.5) is 0 Å². The van der Waals surface area contributed by atoms with Gasteiger partial charge in [0.2, 0.25) is 5.91 Å². The van der Waals surface area contributed by atoms with Crippen LogP contribution < -0.4 is 16.0 Å². The number of aliphatic carboxylic acids is 1. The van der Waals surface area contributed by atoms with Crippen molar-refractivity contribution in [1.29, 1.82) is 0 Å². The second-order valence-corrected chi connectivity index (χ2v) is 7.23. The molecule has 0 fully saturated rings. The highest BCUT2D eigenvalue weighted by Crippen LogP contribution is 2.33. The molecule has 1 aromatic carbocycles. The monoisotopic (exact) mass is 384 g/mol. The van der Waals surface area contributed by atoms with Gasteiger partial charge in [-0.3, -0.25) is 14.6 Å². The Morgan fingerprint density at radius 2 is 2.14 bits per heavy atom. The van der Waals surface area contributed by atoms with E-state index in [1.54, 1.807) is 0 Å². The summed E-state index contributed by atoms with van der Waals surface area (Å²) in [4.78, 5) is 27.7. The van der Waals surface area contributed by atoms with Crippen molar-refractivity contribution in [3.05, 3.63) is 47.0 Å². The Morgan fingerprint density at radius 3 is 2.93 bits per heavy atom. The molecule has 0 aromatic heterocycles. The molecule has 1 atom stereocenters. The fourth-order valence-electron chi connectivity index (χ4n) is 3.69. The average molecular weight is 384 g/mol. The fourth-order valence-corrected chi connectivity index (χ4v) is 3.69. The Balaban J connectivity index is 1.46. The standard InChI is InChI=1S/C21H28N4O3/c26-19(6-3-9-22-21-23-10-11-24-21)25-14-15-7-8-16-4-1-2-5-18(16)17(12-15)13-20(27)28/h1-2,4-5,7,17H,3,6,8-14H2,(H,25,26)(H,27,28)(H2,22,23,24). The summed E-state index contributed by atoms with van der Waals surface area (Å²) < 4.78 is 0. The smallest absolute Gasteiger partial charge is 0.303 e. The molecule has 1 aromatic rings. The molecule has 1 unspecified atom stereocenters. The van der Waals surface area contributed by atoms with E-state index in [1.807, 2.05) is 18.2 Å². The largest absolute Gasteiger partial charge is 0.481 e. The number of carbonyl (C=O) groups is 2. The van der Waals surface area contributed by atoms with Crippen LogP contribution in [0.2, 0.25) is 0 Å². The molecule has 7 nitrogen and oxygen atoms in total. The third-order valence-corrected chi connectivity index (χ3v) is 5.10. The summed E-state index contributed by atoms with van der Waals surface area (Å²) in [6.07, 6.45) is 4.86. The van der Waals surface area contributed by atoms with Crippen molar-refractivity contribution < 1.29 is 14.7 Å². The quantitative estimate of drug-likeness (QED) is 0.402. The highest BCUT2D eigenvalue weighted by molar-refractivity contribution is 5.81. The summed E-state index contributed by atoms with van der Waals surface area (Å²) in [5.74, 6) is -0.0178. The van der Waals surface area contributed by atoms with Crippen LogP contribution in [0.1, 0.15) is 42.7 Å². The maximum Gasteiger partial charge on any atom is 0.303 e. The molecule has 4 N–H and O–H groups in total. The Kier molecular flexibility index (Phi) is 7.06. The number of hydrogen-bond acceptors (Lipinski definition) is 5. The molecule has 28 heavy (non-hydrogen) atoms. The van der Waals surface area contributed by atoms with E-state index < -0.39 is 5.97 Å². The zero-order valence-electron chi connectivity index (χ0n) is 16.0. The van der Waals surface area contributed by atoms with E-state index in [-0.39, 0.29) is 18.2 Å². The topological polar surface area (TPSA) is 103 Å². The van der Waals surface area contributed by atoms with E-state index in [2.05, 4.69) is 33.1 Å². The molecule has 150 valence electrons. The molecule has 3 rings (SSSR count). The van der Waals surface area contributed by atoms with Crippen LogP contribution in [0.3, 0.4) is 0 Å². The maximum absolute atomic E-state index is 12.1. The van der Waals surface area contributed by atoms with E-state index in [1.165, 1.54) is 5.56 Å². The molecule has 2 aliphatic rings. The second kappa shape index (κ2) is 9.92. The molecule has 0 spiro atoms. The fraction of sp³-hybridized carbons (Fsp3) is 0.476. The van der Waals surface area contributed by atoms with E-state index >= 15 is 0 Å². The first-order valence-electron chi connectivity index (χ1n) is 9.88. The minimum absolute atomic E-state index is 0.0144. The van der Waals surface area contributed by atoms with Crippen molar-refractivity contribution in [2.75, 3.05) is 26.2 Å². The zero-order valence-corrected chi connectivity index (χ0v) is 16.0. The second-order valence-electron chi connectivity index (χ2n) is 7.23. The van der Waals surface area contributed by atoms with Crippen molar-refractivity contribution in [3.63, 3.8) is 0 Å². The first kappa shape index (κ1) is 19.9. The Bertz CT molecular complexity index is 773. The number of allylic oxidation sites excluding steroid dienone is 1. The highest BCUT2D eigenvalue weighted by Gasteiger charge is 2.22. The van der Waals surface area contributed by atoms with Crippen LogP contribution >= 0.6 is 0 Å². The van der Waals surface area contributed by atoms with Crippen LogP contribution in [0.15, 0.2) is 40.9 Å². The van der Waals surface area contributed by atoms with Gasteiger partial charge in [0.25, 0.3) is 0 Å². The first-order chi connectivity index (χ1) is 13.6. The summed E-state index contributed by atoms with van der Waals surface area (Å²) in [6.45, 7) is 2.85. The van der Waals surface area contributed by atoms with Crippen LogP contribution in [0.25, 0.3) is 0 Å². The molecule has 0 saturated carbocycles. The number of carboxylic acids is 1. The van der Waals surface area contributed by atoms with Gasteiger partial charge in [-0.05, 0) is 36.3 Å². The van der Waals surface area contributed by atoms with E-state index in [0.717, 1.165) is 43.0 Å². The number of benzene rings is 1. The minimum atomic E-state index is -0.793. The molecule has 1 aliphatic heterocycles. The van der Waals surface area contributed by atoms with Gasteiger partial charge in [0.05, 0.1) is 13.0 Å². The van der Waals surface area contributed by atoms with Crippen molar-refractivity contribution >= 4 is 17.8 Å². The molecule has 1 aliphatic carbocycles. The van der Waals surface area contributed by atoms with Crippen LogP contribution in [0, 0.1) is 0 Å². The van der Waals surface area contributed by atoms with Gasteiger partial charge < -0.3 is 21.1 Å². The predicted octanol–water partition coefficient (Wildman–Crippen LogP) is 1.56. The molecular weight excluding hydrogens is 356 g/mol. The number of nitrogens with one attached hydrogen (secondary N) is 3. The van der Waals surface area contributed by atoms with E-state index in [0.29, 0.717) is 25.9 Å². The van der Waals surface area contributed by atoms with Crippen molar-refractivity contribution in [3.8, 4) is 0 Å². The molecule has 7 heteroatoms. The van der Waals surface area contributed by atoms with Gasteiger partial charge in [0, 0.05) is 26.1 Å². The molecule has 1 amide bonds. The SMILES string of the molecule is O=C(O)CC1CC(CNC(=O)CCCNC2=NCCN2)=CCc2ccccc21. The third-order valence-electron chi connectivity index (χ3n) is 5.10. The highest BCUT2D eigenvalue weighted by atomic mass is 16.4. The Labute approximate surface area is 165 Å². The van der Waals surface area contributed by atoms with Gasteiger partial charge in [0.1, 0.15) is 0 Å². The number of aliphatic imine (C=N–C) groups is 1. The maximum atomic E-state index is 12.1. The summed E-state index contributed by atoms with van der Waals surface area (Å²) in [5, 5.41) is 18.6. The van der Waals surface area contributed by atoms with Gasteiger partial charge >= 0.3 is 5.97 Å². The van der Waals surface area contributed by atoms with Gasteiger partial charge in [-0.2, -0.15) is 0 Å². The normalized spacial score (nSPS) is 18.2. The number of rotatable bonds is 8. The molecule has 0 bridgehead atoms. The molecular formula is C21H28N4O3. The summed E-state index contributed by atoms with van der Waals surface area (Å²) >= 11 is 0. The zero-order chi connectivity index (χ0) is 19.8. The van der Waals surface area contributed by atoms with Crippen molar-refractivity contribution in [2.24, 2.45) is 4.99 Å². The lowest BCUT2D eigenvalue weighted by Gasteiger charge is -2.17. The number of guanidine groups is 1. The lowest BCUT2D eigenvalue weighted by molar-refractivity contribution is -0.137. The minimum Gasteiger partial charge on any atom is -0.481 e. The molecule has 0 saturated heterocycles. The van der Waals surface area contributed by atoms with Gasteiger partial charge in [0.15, 0.2) is 5.96 Å². The third kappa shape index (κ3) is 5.84. The van der Waals surface area contributed by atoms with Gasteiger partial charge in [-0.1, -0.05) is 35.9 Å². The Hall–Kier alpha value is -2.83. The van der Waals surface area contributed by atoms with Crippen LogP contribution in [0.5, 0.6) is 0 Å².